The summed E-state index contributed by atoms with van der Waals surface area (Å²) in [5.74, 6) is -8.60. The number of carbonyl (C=O) groups excluding carboxylic acids is 3. The van der Waals surface area contributed by atoms with Crippen LogP contribution in [0.4, 0.5) is 9.52 Å². The number of oxime groups is 1. The normalized spacial score (nSPS) is 19.5. The Kier molecular flexibility index (Phi) is 11.7. The Labute approximate surface area is 334 Å². The van der Waals surface area contributed by atoms with Gasteiger partial charge >= 0.3 is 17.9 Å². The largest absolute Gasteiger partial charge is 0.504 e. The summed E-state index contributed by atoms with van der Waals surface area (Å²) in [6.07, 6.45) is 0.139. The number of phenolic OH excluding ortho intramolecular Hbond substituents is 2. The van der Waals surface area contributed by atoms with Gasteiger partial charge in [0.05, 0.1) is 43.1 Å². The van der Waals surface area contributed by atoms with Crippen molar-refractivity contribution in [3.63, 3.8) is 0 Å². The van der Waals surface area contributed by atoms with E-state index in [1.54, 1.807) is 17.7 Å². The number of nitrogens with two attached hydrogens (primary N) is 1. The lowest BCUT2D eigenvalue weighted by Gasteiger charge is -2.50. The van der Waals surface area contributed by atoms with Gasteiger partial charge in [-0.25, -0.2) is 19.0 Å². The molecule has 2 fully saturated rings. The van der Waals surface area contributed by atoms with Crippen LogP contribution in [-0.4, -0.2) is 125 Å². The van der Waals surface area contributed by atoms with Crippen molar-refractivity contribution in [3.05, 3.63) is 55.2 Å². The lowest BCUT2D eigenvalue weighted by Crippen LogP contribution is -2.71. The molecule has 7 N–H and O–H groups in total. The number of halogens is 2. The number of aromatic hydroxyl groups is 2. The van der Waals surface area contributed by atoms with E-state index in [1.165, 1.54) is 16.7 Å². The zero-order valence-electron chi connectivity index (χ0n) is 30.2. The maximum Gasteiger partial charge on any atom is 0.355 e. The first-order valence-corrected chi connectivity index (χ1v) is 19.5. The average Bonchev–Trinajstić information content (AvgIpc) is 3.77. The van der Waals surface area contributed by atoms with Gasteiger partial charge in [0.15, 0.2) is 28.2 Å². The molecule has 6 rings (SSSR count). The second-order valence-electron chi connectivity index (χ2n) is 13.5. The number of aliphatic carboxylic acids is 2. The number of aryl methyl sites for hydroxylation is 1. The topological polar surface area (TPSA) is 273 Å². The predicted molar refractivity (Wildman–Crippen MR) is 202 cm³/mol. The Balaban J connectivity index is 1.29. The summed E-state index contributed by atoms with van der Waals surface area (Å²) in [7, 11) is 1.15. The minimum Gasteiger partial charge on any atom is -0.504 e. The van der Waals surface area contributed by atoms with Gasteiger partial charge in [0, 0.05) is 43.0 Å². The number of esters is 1. The number of aromatic nitrogens is 2. The first-order chi connectivity index (χ1) is 27.0. The number of benzene rings is 1. The molecule has 23 heteroatoms. The number of fused-ring (bicyclic) bond motifs is 2. The number of ether oxygens (including phenoxy) is 1. The molecule has 0 bridgehead atoms. The summed E-state index contributed by atoms with van der Waals surface area (Å²) in [6.45, 7) is 3.58. The van der Waals surface area contributed by atoms with E-state index in [0.717, 1.165) is 37.4 Å². The number of carbonyl (C=O) groups is 5. The van der Waals surface area contributed by atoms with Crippen LogP contribution >= 0.6 is 34.7 Å². The fraction of sp³-hybridized carbons (Fsp3) is 0.412. The van der Waals surface area contributed by atoms with Crippen molar-refractivity contribution in [1.82, 2.24) is 19.8 Å². The Bertz CT molecular complexity index is 2330. The highest BCUT2D eigenvalue weighted by Gasteiger charge is 2.55. The van der Waals surface area contributed by atoms with Gasteiger partial charge in [0.25, 0.3) is 11.8 Å². The van der Waals surface area contributed by atoms with Gasteiger partial charge < -0.3 is 50.1 Å². The SMILES string of the molecule is CCn1cc(C[N+]2(CC3=C(C(=O)OC)N4C(=O)C(NC(=O)C(=NOC(CC(=O)O)C(=O)O)c5nc(N)sc5Cl)C4SC3)CCCC2)c(=O)c2c(F)c(O)c(O)cc21. The maximum absolute atomic E-state index is 15.3. The van der Waals surface area contributed by atoms with Crippen molar-refractivity contribution < 1.29 is 62.8 Å². The molecule has 2 saturated heterocycles. The smallest absolute Gasteiger partial charge is 0.355 e. The summed E-state index contributed by atoms with van der Waals surface area (Å²) in [4.78, 5) is 87.4. The van der Waals surface area contributed by atoms with E-state index < -0.39 is 82.1 Å². The van der Waals surface area contributed by atoms with Crippen molar-refractivity contribution in [3.8, 4) is 11.5 Å². The Morgan fingerprint density at radius 3 is 2.49 bits per heavy atom. The number of thioether (sulfide) groups is 1. The number of carboxylic acids is 2. The second kappa shape index (κ2) is 16.2. The molecule has 3 atom stereocenters. The minimum atomic E-state index is -2.00. The van der Waals surface area contributed by atoms with Gasteiger partial charge in [-0.3, -0.25) is 24.1 Å². The van der Waals surface area contributed by atoms with Crippen LogP contribution in [0.5, 0.6) is 11.5 Å². The molecule has 304 valence electrons. The van der Waals surface area contributed by atoms with Gasteiger partial charge in [-0.2, -0.15) is 0 Å². The number of phenols is 2. The number of anilines is 1. The summed E-state index contributed by atoms with van der Waals surface area (Å²) in [6, 6.07) is -0.113. The number of rotatable bonds is 14. The van der Waals surface area contributed by atoms with E-state index in [4.69, 9.17) is 32.0 Å². The van der Waals surface area contributed by atoms with Gasteiger partial charge in [0.1, 0.15) is 40.2 Å². The lowest BCUT2D eigenvalue weighted by molar-refractivity contribution is -0.925. The molecule has 3 aliphatic rings. The minimum absolute atomic E-state index is 0.0393. The monoisotopic (exact) mass is 852 g/mol. The van der Waals surface area contributed by atoms with E-state index >= 15 is 4.39 Å². The zero-order chi connectivity index (χ0) is 41.5. The van der Waals surface area contributed by atoms with Crippen molar-refractivity contribution >= 4 is 86.2 Å². The van der Waals surface area contributed by atoms with Crippen LogP contribution < -0.4 is 16.5 Å². The standard InChI is InChI=1S/C34H35ClFN7O12S2/c1-3-41-10-14(26(47)20-16(41)8-17(44)27(48)21(20)36)11-43(6-4-5-7-43)12-15-13-56-31-24(30(50)42(31)25(15)33(53)54-2)38-29(49)23(22-28(35)57-34(37)39-22)40-55-18(32(51)52)9-19(45)46/h8,10,18,24,31H,3-7,9,11-13H2,1-2H3,(H6-,37,38,39,40,44,45,46,47,48,49,51,52)/p+1. The number of methoxy groups -OCH3 is 1. The van der Waals surface area contributed by atoms with Gasteiger partial charge in [0.2, 0.25) is 11.5 Å². The van der Waals surface area contributed by atoms with Crippen LogP contribution in [0.2, 0.25) is 4.34 Å². The van der Waals surface area contributed by atoms with Crippen molar-refractivity contribution in [2.45, 2.75) is 56.8 Å². The molecular formula is C34H36ClFN7O12S2+. The fourth-order valence-electron chi connectivity index (χ4n) is 7.25. The van der Waals surface area contributed by atoms with Crippen molar-refractivity contribution in [1.29, 1.82) is 0 Å². The molecule has 57 heavy (non-hydrogen) atoms. The highest BCUT2D eigenvalue weighted by atomic mass is 35.5. The lowest BCUT2D eigenvalue weighted by atomic mass is 10.0. The third-order valence-electron chi connectivity index (χ3n) is 9.89. The quantitative estimate of drug-likeness (QED) is 0.0335. The molecule has 0 radical (unpaired) electrons. The van der Waals surface area contributed by atoms with Gasteiger partial charge in [-0.15, -0.1) is 11.8 Å². The number of nitrogens with one attached hydrogen (secondary N) is 1. The zero-order valence-corrected chi connectivity index (χ0v) is 32.6. The van der Waals surface area contributed by atoms with Crippen molar-refractivity contribution in [2.75, 3.05) is 38.2 Å². The molecule has 2 aromatic heterocycles. The number of amides is 2. The number of nitrogen functional groups attached to an aromatic ring is 1. The fourth-order valence-corrected chi connectivity index (χ4v) is 9.51. The second-order valence-corrected chi connectivity index (χ2v) is 16.2. The van der Waals surface area contributed by atoms with E-state index in [1.807, 2.05) is 0 Å². The number of hydrogen-bond acceptors (Lipinski definition) is 15. The molecule has 3 aromatic rings. The molecule has 3 unspecified atom stereocenters. The highest BCUT2D eigenvalue weighted by molar-refractivity contribution is 8.00. The third kappa shape index (κ3) is 7.81. The number of likely N-dealkylation sites (tertiary alicyclic amines) is 1. The first kappa shape index (κ1) is 41.2. The molecule has 0 aliphatic carbocycles. The third-order valence-corrected chi connectivity index (χ3v) is 12.3. The molecule has 5 heterocycles. The molecule has 2 amide bonds. The van der Waals surface area contributed by atoms with Gasteiger partial charge in [-0.1, -0.05) is 28.1 Å². The summed E-state index contributed by atoms with van der Waals surface area (Å²) in [5, 5.41) is 43.4. The number of β-lactam (4-membered cyclic amide) rings is 1. The first-order valence-electron chi connectivity index (χ1n) is 17.3. The summed E-state index contributed by atoms with van der Waals surface area (Å²) >= 11 is 8.20. The average molecular weight is 853 g/mol. The van der Waals surface area contributed by atoms with Crippen LogP contribution in [0.25, 0.3) is 10.9 Å². The Morgan fingerprint density at radius 1 is 1.19 bits per heavy atom. The molecule has 3 aliphatic heterocycles. The van der Waals surface area contributed by atoms with E-state index in [-0.39, 0.29) is 60.7 Å². The molecule has 19 nitrogen and oxygen atoms in total. The van der Waals surface area contributed by atoms with Crippen LogP contribution in [-0.2, 0) is 46.6 Å². The molecular weight excluding hydrogens is 817 g/mol. The van der Waals surface area contributed by atoms with Crippen LogP contribution in [0.15, 0.2) is 33.5 Å². The molecule has 0 spiro atoms. The number of hydrogen-bond donors (Lipinski definition) is 6. The van der Waals surface area contributed by atoms with Crippen LogP contribution in [0.1, 0.15) is 37.4 Å². The Hall–Kier alpha value is -5.45. The highest BCUT2D eigenvalue weighted by Crippen LogP contribution is 2.42. The molecule has 1 aromatic carbocycles. The maximum atomic E-state index is 15.3. The number of thiazole rings is 1. The van der Waals surface area contributed by atoms with E-state index in [0.29, 0.717) is 25.2 Å². The number of pyridine rings is 1. The Morgan fingerprint density at radius 2 is 1.89 bits per heavy atom. The molecule has 0 saturated carbocycles. The number of carboxylic acid groups (broad SMARTS) is 2. The number of nitrogens with zero attached hydrogens (tertiary/aromatic N) is 5. The van der Waals surface area contributed by atoms with Crippen molar-refractivity contribution in [2.24, 2.45) is 5.16 Å². The van der Waals surface area contributed by atoms with Crippen LogP contribution in [0.3, 0.4) is 0 Å². The van der Waals surface area contributed by atoms with Gasteiger partial charge in [-0.05, 0) is 6.92 Å². The van der Waals surface area contributed by atoms with E-state index in [2.05, 4.69) is 15.5 Å². The number of quaternary nitrogens is 1. The van der Waals surface area contributed by atoms with E-state index in [9.17, 15) is 44.1 Å². The summed E-state index contributed by atoms with van der Waals surface area (Å²) < 4.78 is 22.1. The summed E-state index contributed by atoms with van der Waals surface area (Å²) in [5.41, 5.74) is 4.93. The predicted octanol–water partition coefficient (Wildman–Crippen LogP) is 1.55. The van der Waals surface area contributed by atoms with Crippen LogP contribution in [0, 0.1) is 5.82 Å².